The molecule has 4 rings (SSSR count). The predicted molar refractivity (Wildman–Crippen MR) is 119 cm³/mol. The summed E-state index contributed by atoms with van der Waals surface area (Å²) in [6, 6.07) is 9.65. The van der Waals surface area contributed by atoms with Crippen LogP contribution in [0.25, 0.3) is 10.1 Å². The molecule has 3 heterocycles. The van der Waals surface area contributed by atoms with Gasteiger partial charge in [-0.15, -0.1) is 11.3 Å². The van der Waals surface area contributed by atoms with Crippen molar-refractivity contribution in [1.29, 1.82) is 0 Å². The van der Waals surface area contributed by atoms with Crippen LogP contribution in [0.4, 0.5) is 0 Å². The summed E-state index contributed by atoms with van der Waals surface area (Å²) >= 11 is 1.44. The van der Waals surface area contributed by atoms with Crippen molar-refractivity contribution >= 4 is 33.2 Å². The molecule has 1 fully saturated rings. The molecule has 0 radical (unpaired) electrons. The third-order valence-electron chi connectivity index (χ3n) is 5.29. The summed E-state index contributed by atoms with van der Waals surface area (Å²) in [5, 5.41) is 8.23. The smallest absolute Gasteiger partial charge is 0.274 e. The molecule has 0 aliphatic carbocycles. The molecule has 3 aromatic rings. The number of carbonyl (C=O) groups is 2. The van der Waals surface area contributed by atoms with Crippen molar-refractivity contribution in [2.24, 2.45) is 0 Å². The third kappa shape index (κ3) is 4.48. The first-order valence-corrected chi connectivity index (χ1v) is 11.2. The number of hydrogen-bond donors (Lipinski definition) is 1. The quantitative estimate of drug-likeness (QED) is 0.569. The lowest BCUT2D eigenvalue weighted by molar-refractivity contribution is -0.0224. The summed E-state index contributed by atoms with van der Waals surface area (Å²) in [5.74, 6) is -0.270. The molecule has 1 unspecified atom stereocenters. The molecule has 9 heteroatoms. The van der Waals surface area contributed by atoms with Crippen LogP contribution in [0.2, 0.25) is 0 Å². The van der Waals surface area contributed by atoms with Crippen molar-refractivity contribution in [3.05, 3.63) is 52.7 Å². The second-order valence-electron chi connectivity index (χ2n) is 7.26. The Balaban J connectivity index is 1.61. The number of ether oxygens (including phenoxy) is 2. The molecule has 1 aliphatic heterocycles. The van der Waals surface area contributed by atoms with E-state index in [1.807, 2.05) is 31.2 Å². The lowest BCUT2D eigenvalue weighted by Gasteiger charge is -2.33. The van der Waals surface area contributed by atoms with Crippen molar-refractivity contribution in [1.82, 2.24) is 20.0 Å². The highest BCUT2D eigenvalue weighted by atomic mass is 32.1. The van der Waals surface area contributed by atoms with Gasteiger partial charge in [0, 0.05) is 43.2 Å². The number of nitrogens with zero attached hydrogens (tertiary/aromatic N) is 3. The van der Waals surface area contributed by atoms with Crippen LogP contribution >= 0.6 is 11.3 Å². The Hall–Kier alpha value is -2.75. The fourth-order valence-corrected chi connectivity index (χ4v) is 4.89. The molecule has 1 atom stereocenters. The topological polar surface area (TPSA) is 85.7 Å². The van der Waals surface area contributed by atoms with E-state index in [0.29, 0.717) is 50.0 Å². The minimum absolute atomic E-state index is 0.119. The van der Waals surface area contributed by atoms with Gasteiger partial charge < -0.3 is 19.7 Å². The van der Waals surface area contributed by atoms with Crippen LogP contribution < -0.4 is 5.32 Å². The van der Waals surface area contributed by atoms with E-state index < -0.39 is 0 Å². The molecule has 31 heavy (non-hydrogen) atoms. The number of morpholine rings is 1. The zero-order chi connectivity index (χ0) is 21.8. The maximum atomic E-state index is 13.0. The molecule has 1 aliphatic rings. The van der Waals surface area contributed by atoms with Gasteiger partial charge in [-0.2, -0.15) is 5.10 Å². The maximum Gasteiger partial charge on any atom is 0.274 e. The monoisotopic (exact) mass is 442 g/mol. The molecular formula is C22H26N4O4S. The van der Waals surface area contributed by atoms with Gasteiger partial charge in [0.05, 0.1) is 24.6 Å². The minimum atomic E-state index is -0.384. The van der Waals surface area contributed by atoms with Crippen molar-refractivity contribution < 1.29 is 19.1 Å². The van der Waals surface area contributed by atoms with Crippen LogP contribution in [0.1, 0.15) is 38.8 Å². The SMILES string of the molecule is CCn1ccc(C(=O)N2CCOC(c3c(C(=O)NCCOC)sc4ccccc34)C2)n1. The van der Waals surface area contributed by atoms with Crippen LogP contribution in [-0.2, 0) is 16.0 Å². The van der Waals surface area contributed by atoms with Gasteiger partial charge >= 0.3 is 0 Å². The van der Waals surface area contributed by atoms with Crippen molar-refractivity contribution in [2.75, 3.05) is 40.0 Å². The van der Waals surface area contributed by atoms with Gasteiger partial charge in [0.2, 0.25) is 0 Å². The molecule has 8 nitrogen and oxygen atoms in total. The Morgan fingerprint density at radius 1 is 1.32 bits per heavy atom. The standard InChI is InChI=1S/C22H26N4O4S/c1-3-26-10-8-16(24-26)22(28)25-11-13-30-17(14-25)19-15-6-4-5-7-18(15)31-20(19)21(27)23-9-12-29-2/h4-8,10,17H,3,9,11-14H2,1-2H3,(H,23,27). The van der Waals surface area contributed by atoms with Crippen LogP contribution in [0, 0.1) is 0 Å². The van der Waals surface area contributed by atoms with Crippen LogP contribution in [0.15, 0.2) is 36.5 Å². The van der Waals surface area contributed by atoms with E-state index >= 15 is 0 Å². The molecule has 164 valence electrons. The van der Waals surface area contributed by atoms with Crippen molar-refractivity contribution in [2.45, 2.75) is 19.6 Å². The number of methoxy groups -OCH3 is 1. The summed E-state index contributed by atoms with van der Waals surface area (Å²) in [4.78, 5) is 28.3. The number of rotatable bonds is 7. The van der Waals surface area contributed by atoms with Gasteiger partial charge in [0.15, 0.2) is 0 Å². The van der Waals surface area contributed by atoms with Crippen LogP contribution in [0.3, 0.4) is 0 Å². The number of aryl methyl sites for hydroxylation is 1. The highest BCUT2D eigenvalue weighted by Crippen LogP contribution is 2.38. The molecule has 1 aromatic carbocycles. The average Bonchev–Trinajstić information content (AvgIpc) is 3.43. The number of nitrogens with one attached hydrogen (secondary N) is 1. The number of hydrogen-bond acceptors (Lipinski definition) is 6. The van der Waals surface area contributed by atoms with Crippen LogP contribution in [-0.4, -0.2) is 66.5 Å². The summed E-state index contributed by atoms with van der Waals surface area (Å²) in [6.45, 7) is 4.83. The maximum absolute atomic E-state index is 13.0. The third-order valence-corrected chi connectivity index (χ3v) is 6.48. The van der Waals surface area contributed by atoms with Crippen molar-refractivity contribution in [3.8, 4) is 0 Å². The van der Waals surface area contributed by atoms with E-state index in [1.165, 1.54) is 11.3 Å². The van der Waals surface area contributed by atoms with Gasteiger partial charge in [-0.05, 0) is 24.4 Å². The van der Waals surface area contributed by atoms with Gasteiger partial charge in [-0.1, -0.05) is 18.2 Å². The number of benzene rings is 1. The van der Waals surface area contributed by atoms with Gasteiger partial charge in [0.25, 0.3) is 11.8 Å². The lowest BCUT2D eigenvalue weighted by Crippen LogP contribution is -2.42. The van der Waals surface area contributed by atoms with E-state index in [9.17, 15) is 9.59 Å². The Morgan fingerprint density at radius 3 is 2.94 bits per heavy atom. The molecule has 1 N–H and O–H groups in total. The van der Waals surface area contributed by atoms with E-state index in [-0.39, 0.29) is 17.9 Å². The zero-order valence-electron chi connectivity index (χ0n) is 17.7. The second kappa shape index (κ2) is 9.59. The molecule has 2 amide bonds. The summed E-state index contributed by atoms with van der Waals surface area (Å²) < 4.78 is 13.9. The number of amides is 2. The Kier molecular flexibility index (Phi) is 6.64. The van der Waals surface area contributed by atoms with E-state index in [2.05, 4.69) is 10.4 Å². The summed E-state index contributed by atoms with van der Waals surface area (Å²) in [7, 11) is 1.60. The molecule has 2 aromatic heterocycles. The van der Waals surface area contributed by atoms with Gasteiger partial charge in [-0.3, -0.25) is 14.3 Å². The first-order chi connectivity index (χ1) is 15.1. The largest absolute Gasteiger partial charge is 0.383 e. The zero-order valence-corrected chi connectivity index (χ0v) is 18.5. The number of carbonyl (C=O) groups excluding carboxylic acids is 2. The normalized spacial score (nSPS) is 16.6. The molecule has 0 spiro atoms. The fourth-order valence-electron chi connectivity index (χ4n) is 3.72. The highest BCUT2D eigenvalue weighted by molar-refractivity contribution is 7.21. The Bertz CT molecular complexity index is 1080. The van der Waals surface area contributed by atoms with Crippen molar-refractivity contribution in [3.63, 3.8) is 0 Å². The molecule has 0 saturated carbocycles. The molecule has 0 bridgehead atoms. The summed E-state index contributed by atoms with van der Waals surface area (Å²) in [6.07, 6.45) is 1.42. The number of aromatic nitrogens is 2. The average molecular weight is 443 g/mol. The number of thiophene rings is 1. The van der Waals surface area contributed by atoms with E-state index in [0.717, 1.165) is 15.6 Å². The minimum Gasteiger partial charge on any atom is -0.383 e. The first-order valence-electron chi connectivity index (χ1n) is 10.3. The van der Waals surface area contributed by atoms with E-state index in [4.69, 9.17) is 9.47 Å². The highest BCUT2D eigenvalue weighted by Gasteiger charge is 2.32. The van der Waals surface area contributed by atoms with Gasteiger partial charge in [-0.25, -0.2) is 0 Å². The second-order valence-corrected chi connectivity index (χ2v) is 8.31. The van der Waals surface area contributed by atoms with Gasteiger partial charge in [0.1, 0.15) is 11.8 Å². The predicted octanol–water partition coefficient (Wildman–Crippen LogP) is 2.71. The Labute approximate surface area is 184 Å². The van der Waals surface area contributed by atoms with E-state index in [1.54, 1.807) is 29.0 Å². The molecular weight excluding hydrogens is 416 g/mol. The Morgan fingerprint density at radius 2 is 2.16 bits per heavy atom. The fraction of sp³-hybridized carbons (Fsp3) is 0.409. The summed E-state index contributed by atoms with van der Waals surface area (Å²) in [5.41, 5.74) is 1.27. The van der Waals surface area contributed by atoms with Crippen LogP contribution in [0.5, 0.6) is 0 Å². The number of fused-ring (bicyclic) bond motifs is 1. The lowest BCUT2D eigenvalue weighted by atomic mass is 10.0. The molecule has 1 saturated heterocycles. The first kappa shape index (κ1) is 21.5.